The molecule has 0 aromatic rings. The maximum atomic E-state index is 10.4. The van der Waals surface area contributed by atoms with Crippen LogP contribution in [-0.2, 0) is 9.53 Å². The normalized spacial score (nSPS) is 31.0. The molecule has 130 valence electrons. The molecule has 0 amide bonds. The van der Waals surface area contributed by atoms with Crippen LogP contribution in [0, 0.1) is 0 Å². The first kappa shape index (κ1) is 8.66. The van der Waals surface area contributed by atoms with Crippen LogP contribution in [0.3, 0.4) is 0 Å². The molecule has 1 heterocycles. The first-order valence-corrected chi connectivity index (χ1v) is 7.73. The monoisotopic (exact) mass is 331 g/mol. The molecule has 3 heteroatoms. The largest absolute Gasteiger partial charge is 0.481 e. The third-order valence-electron chi connectivity index (χ3n) is 3.10. The van der Waals surface area contributed by atoms with E-state index in [0.717, 1.165) is 0 Å². The maximum Gasteiger partial charge on any atom is 0.303 e. The third kappa shape index (κ3) is 11.8. The van der Waals surface area contributed by atoms with E-state index in [-0.39, 0.29) is 12.8 Å². The molecule has 23 heavy (non-hydrogen) atoms. The lowest BCUT2D eigenvalue weighted by molar-refractivity contribution is -0.137. The van der Waals surface area contributed by atoms with Crippen molar-refractivity contribution in [3.05, 3.63) is 36.5 Å². The molecule has 0 saturated carbocycles. The van der Waals surface area contributed by atoms with Crippen molar-refractivity contribution in [2.24, 2.45) is 0 Å². The number of hydrogen-bond donors (Lipinski definition) is 1. The quantitative estimate of drug-likeness (QED) is 0.262. The van der Waals surface area contributed by atoms with Gasteiger partial charge in [0.25, 0.3) is 0 Å². The van der Waals surface area contributed by atoms with Crippen molar-refractivity contribution in [3.63, 3.8) is 0 Å². The molecule has 0 unspecified atom stereocenters. The summed E-state index contributed by atoms with van der Waals surface area (Å²) in [7, 11) is 0. The van der Waals surface area contributed by atoms with Gasteiger partial charge in [0, 0.05) is 21.5 Å². The fraction of sp³-hybridized carbons (Fsp3) is 0.650. The number of carbonyl (C=O) groups is 1. The molecule has 0 bridgehead atoms. The molecule has 1 fully saturated rings. The number of epoxide rings is 1. The molecule has 0 radical (unpaired) electrons. The number of hydrogen-bond acceptors (Lipinski definition) is 2. The van der Waals surface area contributed by atoms with Gasteiger partial charge in [-0.3, -0.25) is 4.79 Å². The van der Waals surface area contributed by atoms with Crippen LogP contribution in [0.4, 0.5) is 0 Å². The lowest BCUT2D eigenvalue weighted by Crippen LogP contribution is -1.92. The predicted molar refractivity (Wildman–Crippen MR) is 95.6 cm³/mol. The van der Waals surface area contributed by atoms with Crippen LogP contribution in [0.5, 0.6) is 0 Å². The second-order valence-corrected chi connectivity index (χ2v) is 5.02. The summed E-state index contributed by atoms with van der Waals surface area (Å²) in [5.41, 5.74) is 0. The lowest BCUT2D eigenvalue weighted by Gasteiger charge is -1.93. The zero-order chi connectivity index (χ0) is 26.4. The predicted octanol–water partition coefficient (Wildman–Crippen LogP) is 5.43. The SMILES string of the molecule is [2H]C([2H])([2H])C([2H])([2H])C([2H])([2H])C([2H])([2H])C([2H])([2H])[C@@H]1O[C@H]1C/C=C\C/C=C\C/C=C\CCCC(=O)O. The minimum atomic E-state index is -3.66. The summed E-state index contributed by atoms with van der Waals surface area (Å²) in [5.74, 6) is -0.810. The van der Waals surface area contributed by atoms with Crippen molar-refractivity contribution in [1.29, 1.82) is 0 Å². The summed E-state index contributed by atoms with van der Waals surface area (Å²) >= 11 is 0. The molecule has 0 aromatic heterocycles. The number of allylic oxidation sites excluding steroid dienone is 5. The van der Waals surface area contributed by atoms with E-state index in [1.54, 1.807) is 6.08 Å². The van der Waals surface area contributed by atoms with Gasteiger partial charge in [0.05, 0.1) is 12.2 Å². The second-order valence-electron chi connectivity index (χ2n) is 5.02. The summed E-state index contributed by atoms with van der Waals surface area (Å²) in [4.78, 5) is 10.4. The van der Waals surface area contributed by atoms with Gasteiger partial charge in [-0.2, -0.15) is 0 Å². The molecule has 1 aliphatic rings. The summed E-state index contributed by atoms with van der Waals surface area (Å²) < 4.78 is 90.0. The Hall–Kier alpha value is -1.35. The van der Waals surface area contributed by atoms with E-state index in [2.05, 4.69) is 0 Å². The zero-order valence-electron chi connectivity index (χ0n) is 24.1. The van der Waals surface area contributed by atoms with Crippen molar-refractivity contribution < 1.29 is 29.7 Å². The average Bonchev–Trinajstić information content (AvgIpc) is 3.47. The Kier molecular flexibility index (Phi) is 4.94. The maximum absolute atomic E-state index is 10.4. The van der Waals surface area contributed by atoms with E-state index in [9.17, 15) is 4.79 Å². The fourth-order valence-corrected chi connectivity index (χ4v) is 1.85. The summed E-state index contributed by atoms with van der Waals surface area (Å²) in [6, 6.07) is 0. The van der Waals surface area contributed by atoms with E-state index in [1.807, 2.05) is 30.4 Å². The van der Waals surface area contributed by atoms with Gasteiger partial charge in [-0.25, -0.2) is 0 Å². The molecule has 1 aliphatic heterocycles. The second kappa shape index (κ2) is 13.1. The van der Waals surface area contributed by atoms with Crippen molar-refractivity contribution in [3.8, 4) is 0 Å². The molecule has 0 spiro atoms. The van der Waals surface area contributed by atoms with Gasteiger partial charge in [0.15, 0.2) is 0 Å². The van der Waals surface area contributed by atoms with Crippen LogP contribution in [0.25, 0.3) is 0 Å². The smallest absolute Gasteiger partial charge is 0.303 e. The number of rotatable bonds is 14. The Morgan fingerprint density at radius 2 is 1.87 bits per heavy atom. The summed E-state index contributed by atoms with van der Waals surface area (Å²) in [5, 5.41) is 8.54. The molecule has 2 atom stereocenters. The topological polar surface area (TPSA) is 49.8 Å². The third-order valence-corrected chi connectivity index (χ3v) is 3.10. The number of ether oxygens (including phenoxy) is 1. The summed E-state index contributed by atoms with van der Waals surface area (Å²) in [6.45, 7) is -3.49. The van der Waals surface area contributed by atoms with Crippen molar-refractivity contribution >= 4 is 5.97 Å². The van der Waals surface area contributed by atoms with Gasteiger partial charge >= 0.3 is 5.97 Å². The van der Waals surface area contributed by atoms with Crippen LogP contribution in [-0.4, -0.2) is 23.3 Å². The van der Waals surface area contributed by atoms with Crippen LogP contribution < -0.4 is 0 Å². The first-order valence-electron chi connectivity index (χ1n) is 13.2. The van der Waals surface area contributed by atoms with Gasteiger partial charge in [-0.1, -0.05) is 62.4 Å². The standard InChI is InChI=1S/C20H32O3/c1-2-3-12-15-18-19(23-18)16-13-10-8-6-4-5-7-9-11-14-17-20(21)22/h4,6-7,9-10,13,18-19H,2-3,5,8,11-12,14-17H2,1H3,(H,21,22)/b6-4-,9-7-,13-10-/t18-,19-/m0/s1/i1D3,2D2,3D2,12D2,15D2. The first-order chi connectivity index (χ1) is 15.4. The Morgan fingerprint density at radius 1 is 1.13 bits per heavy atom. The molecular formula is C20H32O3. The minimum Gasteiger partial charge on any atom is -0.481 e. The molecule has 1 rings (SSSR count). The van der Waals surface area contributed by atoms with Crippen molar-refractivity contribution in [2.75, 3.05) is 0 Å². The Morgan fingerprint density at radius 3 is 2.61 bits per heavy atom. The molecule has 1 saturated heterocycles. The highest BCUT2D eigenvalue weighted by Crippen LogP contribution is 2.30. The number of carboxylic acids is 1. The fourth-order valence-electron chi connectivity index (χ4n) is 1.85. The molecular weight excluding hydrogens is 288 g/mol. The van der Waals surface area contributed by atoms with Gasteiger partial charge in [-0.15, -0.1) is 0 Å². The highest BCUT2D eigenvalue weighted by Gasteiger charge is 2.36. The zero-order valence-corrected chi connectivity index (χ0v) is 13.1. The number of unbranched alkanes of at least 4 members (excludes halogenated alkanes) is 1. The van der Waals surface area contributed by atoms with Gasteiger partial charge in [0.2, 0.25) is 0 Å². The molecule has 0 aliphatic carbocycles. The van der Waals surface area contributed by atoms with Gasteiger partial charge in [0.1, 0.15) is 0 Å². The van der Waals surface area contributed by atoms with Gasteiger partial charge in [-0.05, 0) is 38.5 Å². The van der Waals surface area contributed by atoms with Crippen molar-refractivity contribution in [1.82, 2.24) is 0 Å². The lowest BCUT2D eigenvalue weighted by atomic mass is 10.1. The number of aliphatic carboxylic acids is 1. The van der Waals surface area contributed by atoms with Crippen LogP contribution in [0.15, 0.2) is 36.5 Å². The van der Waals surface area contributed by atoms with Crippen LogP contribution in [0.1, 0.15) is 85.9 Å². The van der Waals surface area contributed by atoms with Crippen LogP contribution in [0.2, 0.25) is 0 Å². The summed E-state index contributed by atoms with van der Waals surface area (Å²) in [6.07, 6.45) is -1.57. The highest BCUT2D eigenvalue weighted by molar-refractivity contribution is 5.66. The Labute approximate surface area is 156 Å². The Bertz CT molecular complexity index is 770. The van der Waals surface area contributed by atoms with Gasteiger partial charge < -0.3 is 9.84 Å². The average molecular weight is 332 g/mol. The van der Waals surface area contributed by atoms with E-state index < -0.39 is 50.5 Å². The number of carboxylic acid groups (broad SMARTS) is 1. The van der Waals surface area contributed by atoms with E-state index in [1.165, 1.54) is 0 Å². The van der Waals surface area contributed by atoms with E-state index >= 15 is 0 Å². The van der Waals surface area contributed by atoms with Crippen LogP contribution >= 0.6 is 0 Å². The van der Waals surface area contributed by atoms with Crippen molar-refractivity contribution in [2.45, 2.75) is 83.1 Å². The minimum absolute atomic E-state index is 0.146. The Balaban J connectivity index is 2.53. The molecule has 3 nitrogen and oxygen atoms in total. The highest BCUT2D eigenvalue weighted by atomic mass is 16.6. The molecule has 1 N–H and O–H groups in total. The van der Waals surface area contributed by atoms with E-state index in [4.69, 9.17) is 24.9 Å². The molecule has 0 aromatic carbocycles. The van der Waals surface area contributed by atoms with E-state index in [0.29, 0.717) is 25.7 Å².